The number of nitrogens with zero attached hydrogens (tertiary/aromatic N) is 2. The Hall–Kier alpha value is -4.11. The van der Waals surface area contributed by atoms with Crippen LogP contribution < -0.4 is 15.9 Å². The van der Waals surface area contributed by atoms with Crippen LogP contribution >= 0.6 is 11.6 Å². The predicted molar refractivity (Wildman–Crippen MR) is 136 cm³/mol. The van der Waals surface area contributed by atoms with Crippen molar-refractivity contribution in [1.29, 1.82) is 0 Å². The van der Waals surface area contributed by atoms with Gasteiger partial charge in [-0.2, -0.15) is 5.10 Å². The first-order valence-electron chi connectivity index (χ1n) is 11.4. The molecule has 0 spiro atoms. The Bertz CT molecular complexity index is 1340. The highest BCUT2D eigenvalue weighted by Crippen LogP contribution is 2.28. The van der Waals surface area contributed by atoms with Crippen LogP contribution in [0.4, 0.5) is 0 Å². The molecule has 1 aliphatic heterocycles. The number of phenolic OH excluding ortho intramolecular Hbond substituents is 1. The monoisotopic (exact) mass is 508 g/mol. The van der Waals surface area contributed by atoms with Gasteiger partial charge < -0.3 is 20.5 Å². The lowest BCUT2D eigenvalue weighted by molar-refractivity contribution is -0.136. The van der Waals surface area contributed by atoms with Crippen LogP contribution in [-0.4, -0.2) is 53.6 Å². The smallest absolute Gasteiger partial charge is 0.271 e. The maximum atomic E-state index is 12.6. The van der Waals surface area contributed by atoms with Gasteiger partial charge in [-0.15, -0.1) is 0 Å². The number of phenols is 1. The lowest BCUT2D eigenvalue weighted by Crippen LogP contribution is -2.43. The molecular formula is C26H25ClN4O5. The molecule has 3 aromatic carbocycles. The van der Waals surface area contributed by atoms with Crippen LogP contribution in [0, 0.1) is 5.92 Å². The minimum atomic E-state index is -0.476. The minimum Gasteiger partial charge on any atom is -0.506 e. The molecule has 186 valence electrons. The number of carbonyl (C=O) groups is 3. The summed E-state index contributed by atoms with van der Waals surface area (Å²) in [5.74, 6) is -0.694. The minimum absolute atomic E-state index is 0.0711. The highest BCUT2D eigenvalue weighted by molar-refractivity contribution is 6.32. The molecule has 0 aromatic heterocycles. The van der Waals surface area contributed by atoms with Crippen molar-refractivity contribution in [3.8, 4) is 11.5 Å². The molecule has 36 heavy (non-hydrogen) atoms. The normalized spacial score (nSPS) is 14.2. The molecule has 3 amide bonds. The quantitative estimate of drug-likeness (QED) is 0.333. The third-order valence-electron chi connectivity index (χ3n) is 6.10. The van der Waals surface area contributed by atoms with Crippen LogP contribution in [0.3, 0.4) is 0 Å². The van der Waals surface area contributed by atoms with E-state index in [1.165, 1.54) is 24.4 Å². The standard InChI is InChI=1S/C26H25ClN4O5/c27-21-13-17(5-7-22(21)32)26(35)30-29-14-18-6-8-23(20-4-2-1-3-19(18)20)36-15-24(33)31-11-9-16(10-12-31)25(28)34/h1-8,13-14,16,32H,9-12,15H2,(H2,28,34)(H,30,35)/b29-14+. The van der Waals surface area contributed by atoms with Gasteiger partial charge >= 0.3 is 0 Å². The number of hydrogen-bond acceptors (Lipinski definition) is 6. The summed E-state index contributed by atoms with van der Waals surface area (Å²) in [7, 11) is 0. The van der Waals surface area contributed by atoms with Gasteiger partial charge in [0.2, 0.25) is 5.91 Å². The number of amides is 3. The third kappa shape index (κ3) is 5.75. The number of carbonyl (C=O) groups excluding carboxylic acids is 3. The molecule has 1 aliphatic rings. The zero-order valence-corrected chi connectivity index (χ0v) is 20.1. The molecule has 1 heterocycles. The van der Waals surface area contributed by atoms with Gasteiger partial charge in [0.25, 0.3) is 11.8 Å². The molecule has 0 radical (unpaired) electrons. The number of rotatable bonds is 7. The van der Waals surface area contributed by atoms with E-state index in [0.29, 0.717) is 31.7 Å². The number of likely N-dealkylation sites (tertiary alicyclic amines) is 1. The molecular weight excluding hydrogens is 484 g/mol. The lowest BCUT2D eigenvalue weighted by Gasteiger charge is -2.30. The number of nitrogens with one attached hydrogen (secondary N) is 1. The van der Waals surface area contributed by atoms with Crippen molar-refractivity contribution in [3.05, 3.63) is 70.7 Å². The molecule has 9 nitrogen and oxygen atoms in total. The van der Waals surface area contributed by atoms with E-state index in [-0.39, 0.29) is 40.7 Å². The van der Waals surface area contributed by atoms with Gasteiger partial charge in [-0.1, -0.05) is 35.9 Å². The number of halogens is 1. The number of hydrazone groups is 1. The number of nitrogens with two attached hydrogens (primary N) is 1. The Kier molecular flexibility index (Phi) is 7.70. The van der Waals surface area contributed by atoms with Gasteiger partial charge in [0.05, 0.1) is 11.2 Å². The topological polar surface area (TPSA) is 134 Å². The number of benzene rings is 3. The molecule has 1 fully saturated rings. The Labute approximate surface area is 212 Å². The molecule has 4 N–H and O–H groups in total. The van der Waals surface area contributed by atoms with Gasteiger partial charge in [0.1, 0.15) is 11.5 Å². The summed E-state index contributed by atoms with van der Waals surface area (Å²) < 4.78 is 5.85. The fourth-order valence-electron chi connectivity index (χ4n) is 4.05. The summed E-state index contributed by atoms with van der Waals surface area (Å²) in [5.41, 5.74) is 8.79. The van der Waals surface area contributed by atoms with E-state index in [0.717, 1.165) is 16.3 Å². The van der Waals surface area contributed by atoms with Gasteiger partial charge in [0.15, 0.2) is 6.61 Å². The van der Waals surface area contributed by atoms with Gasteiger partial charge in [-0.3, -0.25) is 14.4 Å². The van der Waals surface area contributed by atoms with Crippen LogP contribution in [0.1, 0.15) is 28.8 Å². The number of primary amides is 1. The van der Waals surface area contributed by atoms with Crippen molar-refractivity contribution in [2.24, 2.45) is 16.8 Å². The second kappa shape index (κ2) is 11.1. The summed E-state index contributed by atoms with van der Waals surface area (Å²) in [4.78, 5) is 37.9. The second-order valence-electron chi connectivity index (χ2n) is 8.41. The summed E-state index contributed by atoms with van der Waals surface area (Å²) in [6.45, 7) is 0.839. The van der Waals surface area contributed by atoms with Crippen LogP contribution in [0.25, 0.3) is 10.8 Å². The fraction of sp³-hybridized carbons (Fsp3) is 0.231. The predicted octanol–water partition coefficient (Wildman–Crippen LogP) is 3.07. The maximum absolute atomic E-state index is 12.6. The number of piperidine rings is 1. The second-order valence-corrected chi connectivity index (χ2v) is 8.82. The summed E-state index contributed by atoms with van der Waals surface area (Å²) >= 11 is 5.85. The highest BCUT2D eigenvalue weighted by Gasteiger charge is 2.26. The third-order valence-corrected chi connectivity index (χ3v) is 6.40. The molecule has 0 aliphatic carbocycles. The largest absolute Gasteiger partial charge is 0.506 e. The van der Waals surface area contributed by atoms with Crippen molar-refractivity contribution in [2.45, 2.75) is 12.8 Å². The summed E-state index contributed by atoms with van der Waals surface area (Å²) in [5, 5.41) is 15.2. The van der Waals surface area contributed by atoms with E-state index in [9.17, 15) is 19.5 Å². The van der Waals surface area contributed by atoms with Crippen molar-refractivity contribution < 1.29 is 24.2 Å². The van der Waals surface area contributed by atoms with E-state index >= 15 is 0 Å². The Morgan fingerprint density at radius 3 is 2.53 bits per heavy atom. The molecule has 4 rings (SSSR count). The summed E-state index contributed by atoms with van der Waals surface area (Å²) in [6, 6.07) is 15.2. The molecule has 0 unspecified atom stereocenters. The average molecular weight is 509 g/mol. The molecule has 10 heteroatoms. The molecule has 0 atom stereocenters. The SMILES string of the molecule is NC(=O)C1CCN(C(=O)COc2ccc(/C=N/NC(=O)c3ccc(O)c(Cl)c3)c3ccccc23)CC1. The number of aromatic hydroxyl groups is 1. The van der Waals surface area contributed by atoms with E-state index < -0.39 is 5.91 Å². The van der Waals surface area contributed by atoms with E-state index in [2.05, 4.69) is 10.5 Å². The molecule has 0 saturated carbocycles. The number of hydrogen-bond donors (Lipinski definition) is 3. The molecule has 3 aromatic rings. The van der Waals surface area contributed by atoms with Crippen LogP contribution in [0.2, 0.25) is 5.02 Å². The first-order valence-corrected chi connectivity index (χ1v) is 11.7. The summed E-state index contributed by atoms with van der Waals surface area (Å²) in [6.07, 6.45) is 2.64. The number of fused-ring (bicyclic) bond motifs is 1. The van der Waals surface area contributed by atoms with Gasteiger partial charge in [-0.05, 0) is 48.6 Å². The van der Waals surface area contributed by atoms with Crippen molar-refractivity contribution in [3.63, 3.8) is 0 Å². The average Bonchev–Trinajstić information content (AvgIpc) is 2.89. The van der Waals surface area contributed by atoms with E-state index in [4.69, 9.17) is 22.1 Å². The van der Waals surface area contributed by atoms with E-state index in [1.54, 1.807) is 17.0 Å². The molecule has 1 saturated heterocycles. The Balaban J connectivity index is 1.41. The van der Waals surface area contributed by atoms with Crippen LogP contribution in [0.5, 0.6) is 11.5 Å². The maximum Gasteiger partial charge on any atom is 0.271 e. The van der Waals surface area contributed by atoms with E-state index in [1.807, 2.05) is 24.3 Å². The van der Waals surface area contributed by atoms with Crippen LogP contribution in [0.15, 0.2) is 59.7 Å². The van der Waals surface area contributed by atoms with Crippen molar-refractivity contribution >= 4 is 46.3 Å². The van der Waals surface area contributed by atoms with Crippen molar-refractivity contribution in [1.82, 2.24) is 10.3 Å². The van der Waals surface area contributed by atoms with Gasteiger partial charge in [-0.25, -0.2) is 5.43 Å². The highest BCUT2D eigenvalue weighted by atomic mass is 35.5. The fourth-order valence-corrected chi connectivity index (χ4v) is 4.23. The first kappa shape index (κ1) is 25.0. The van der Waals surface area contributed by atoms with Gasteiger partial charge in [0, 0.05) is 35.5 Å². The first-order chi connectivity index (χ1) is 17.3. The Morgan fingerprint density at radius 2 is 1.83 bits per heavy atom. The lowest BCUT2D eigenvalue weighted by atomic mass is 9.96. The van der Waals surface area contributed by atoms with Crippen LogP contribution in [-0.2, 0) is 9.59 Å². The zero-order valence-electron chi connectivity index (χ0n) is 19.3. The van der Waals surface area contributed by atoms with Crippen molar-refractivity contribution in [2.75, 3.05) is 19.7 Å². The Morgan fingerprint density at radius 1 is 1.11 bits per heavy atom. The zero-order chi connectivity index (χ0) is 25.7. The number of ether oxygens (including phenoxy) is 1. The molecule has 0 bridgehead atoms.